The molecule has 0 saturated heterocycles. The van der Waals surface area contributed by atoms with Gasteiger partial charge in [-0.05, 0) is 24.1 Å². The second-order valence-corrected chi connectivity index (χ2v) is 6.21. The van der Waals surface area contributed by atoms with Crippen molar-refractivity contribution in [2.24, 2.45) is 0 Å². The van der Waals surface area contributed by atoms with Gasteiger partial charge in [0.2, 0.25) is 0 Å². The maximum Gasteiger partial charge on any atom is 0.357 e. The van der Waals surface area contributed by atoms with Crippen LogP contribution in [0, 0.1) is 0 Å². The summed E-state index contributed by atoms with van der Waals surface area (Å²) in [5, 5.41) is 10.4. The fourth-order valence-electron chi connectivity index (χ4n) is 3.20. The van der Waals surface area contributed by atoms with Gasteiger partial charge in [0.15, 0.2) is 11.6 Å². The van der Waals surface area contributed by atoms with Gasteiger partial charge < -0.3 is 9.40 Å². The minimum atomic E-state index is -0.352. The maximum absolute atomic E-state index is 12.2. The quantitative estimate of drug-likeness (QED) is 0.725. The molecule has 0 bridgehead atoms. The normalized spacial score (nSPS) is 14.0. The van der Waals surface area contributed by atoms with Crippen molar-refractivity contribution in [3.8, 4) is 11.4 Å². The van der Waals surface area contributed by atoms with Crippen molar-refractivity contribution in [3.63, 3.8) is 0 Å². The highest BCUT2D eigenvalue weighted by molar-refractivity contribution is 5.89. The zero-order valence-corrected chi connectivity index (χ0v) is 14.6. The van der Waals surface area contributed by atoms with Crippen LogP contribution in [0.1, 0.15) is 28.7 Å². The van der Waals surface area contributed by atoms with E-state index in [1.807, 2.05) is 30.3 Å². The van der Waals surface area contributed by atoms with Gasteiger partial charge in [-0.1, -0.05) is 49.4 Å². The van der Waals surface area contributed by atoms with Gasteiger partial charge in [-0.15, -0.1) is 15.3 Å². The fourth-order valence-corrected chi connectivity index (χ4v) is 3.20. The highest BCUT2D eigenvalue weighted by Gasteiger charge is 2.25. The highest BCUT2D eigenvalue weighted by Crippen LogP contribution is 2.25. The van der Waals surface area contributed by atoms with Crippen molar-refractivity contribution >= 4 is 5.97 Å². The van der Waals surface area contributed by atoms with Crippen molar-refractivity contribution in [2.75, 3.05) is 6.54 Å². The molecule has 26 heavy (non-hydrogen) atoms. The zero-order chi connectivity index (χ0) is 17.9. The molecule has 0 spiro atoms. The first-order valence-electron chi connectivity index (χ1n) is 8.79. The molecule has 6 nitrogen and oxygen atoms in total. The van der Waals surface area contributed by atoms with E-state index in [1.165, 1.54) is 5.56 Å². The van der Waals surface area contributed by atoms with E-state index < -0.39 is 0 Å². The summed E-state index contributed by atoms with van der Waals surface area (Å²) in [7, 11) is 0. The minimum absolute atomic E-state index is 0.352. The van der Waals surface area contributed by atoms with Gasteiger partial charge in [-0.25, -0.2) is 4.79 Å². The lowest BCUT2D eigenvalue weighted by atomic mass is 10.0. The molecule has 0 atom stereocenters. The van der Waals surface area contributed by atoms with Crippen molar-refractivity contribution in [1.82, 2.24) is 19.8 Å². The number of hydrogen-bond donors (Lipinski definition) is 0. The van der Waals surface area contributed by atoms with Crippen LogP contribution in [0.3, 0.4) is 0 Å². The molecule has 2 aromatic carbocycles. The van der Waals surface area contributed by atoms with Crippen LogP contribution in [0.15, 0.2) is 54.6 Å². The van der Waals surface area contributed by atoms with Gasteiger partial charge in [0.1, 0.15) is 0 Å². The van der Waals surface area contributed by atoms with Crippen LogP contribution in [0.25, 0.3) is 11.4 Å². The first-order chi connectivity index (χ1) is 12.8. The summed E-state index contributed by atoms with van der Waals surface area (Å²) in [6.07, 6.45) is 0.944. The van der Waals surface area contributed by atoms with E-state index in [9.17, 15) is 4.79 Å². The molecule has 0 saturated carbocycles. The zero-order valence-electron chi connectivity index (χ0n) is 14.6. The molecular formula is C20H20N4O2. The van der Waals surface area contributed by atoms with Gasteiger partial charge in [-0.2, -0.15) is 0 Å². The Bertz CT molecular complexity index is 921. The summed E-state index contributed by atoms with van der Waals surface area (Å²) in [6, 6.07) is 17.3. The van der Waals surface area contributed by atoms with Crippen LogP contribution in [0.5, 0.6) is 0 Å². The van der Waals surface area contributed by atoms with Gasteiger partial charge in [-0.3, -0.25) is 0 Å². The number of aryl methyl sites for hydroxylation is 1. The average molecular weight is 348 g/mol. The Hall–Kier alpha value is -2.99. The molecule has 1 aliphatic rings. The molecule has 4 rings (SSSR count). The van der Waals surface area contributed by atoms with Crippen LogP contribution < -0.4 is 0 Å². The number of rotatable bonds is 4. The van der Waals surface area contributed by atoms with Crippen LogP contribution in [-0.2, 0) is 24.3 Å². The van der Waals surface area contributed by atoms with Gasteiger partial charge in [0.05, 0.1) is 18.7 Å². The molecule has 0 amide bonds. The molecule has 0 aliphatic carbocycles. The molecule has 0 N–H and O–H groups in total. The lowest BCUT2D eigenvalue weighted by Gasteiger charge is -2.26. The molecule has 132 valence electrons. The lowest BCUT2D eigenvalue weighted by Crippen LogP contribution is -2.36. The molecule has 3 aromatic rings. The fraction of sp³-hybridized carbons (Fsp3) is 0.250. The standard InChI is InChI=1S/C20H20N4O2/c1-2-15-8-6-7-11-17(15)19-22-21-18-14-23(12-13-24(18)19)26-20(25)16-9-4-3-5-10-16/h3-11H,2,12-14H2,1H3. The topological polar surface area (TPSA) is 60.3 Å². The number of hydrogen-bond acceptors (Lipinski definition) is 5. The van der Waals surface area contributed by atoms with Crippen molar-refractivity contribution in [3.05, 3.63) is 71.5 Å². The SMILES string of the molecule is CCc1ccccc1-c1nnc2n1CCN(OC(=O)c1ccccc1)C2. The lowest BCUT2D eigenvalue weighted by molar-refractivity contribution is -0.126. The van der Waals surface area contributed by atoms with Crippen LogP contribution in [0.2, 0.25) is 0 Å². The van der Waals surface area contributed by atoms with Crippen LogP contribution >= 0.6 is 0 Å². The smallest absolute Gasteiger partial charge is 0.357 e. The Morgan fingerprint density at radius 3 is 2.62 bits per heavy atom. The van der Waals surface area contributed by atoms with Gasteiger partial charge in [0.25, 0.3) is 0 Å². The van der Waals surface area contributed by atoms with E-state index in [2.05, 4.69) is 33.8 Å². The summed E-state index contributed by atoms with van der Waals surface area (Å²) < 4.78 is 2.11. The third-order valence-corrected chi connectivity index (χ3v) is 4.58. The summed E-state index contributed by atoms with van der Waals surface area (Å²) in [5.41, 5.74) is 2.90. The number of benzene rings is 2. The monoisotopic (exact) mass is 348 g/mol. The van der Waals surface area contributed by atoms with Crippen molar-refractivity contribution in [1.29, 1.82) is 0 Å². The molecule has 0 fully saturated rings. The highest BCUT2D eigenvalue weighted by atomic mass is 16.7. The molecule has 6 heteroatoms. The molecular weight excluding hydrogens is 328 g/mol. The largest absolute Gasteiger partial charge is 0.363 e. The van der Waals surface area contributed by atoms with Crippen LogP contribution in [-0.4, -0.2) is 32.3 Å². The molecule has 0 unspecified atom stereocenters. The maximum atomic E-state index is 12.2. The average Bonchev–Trinajstić information content (AvgIpc) is 3.11. The molecule has 2 heterocycles. The summed E-state index contributed by atoms with van der Waals surface area (Å²) in [6.45, 7) is 3.85. The Morgan fingerprint density at radius 1 is 1.04 bits per heavy atom. The predicted molar refractivity (Wildman–Crippen MR) is 97.1 cm³/mol. The number of carbonyl (C=O) groups excluding carboxylic acids is 1. The van der Waals surface area contributed by atoms with E-state index >= 15 is 0 Å². The summed E-state index contributed by atoms with van der Waals surface area (Å²) in [5.74, 6) is 1.33. The Morgan fingerprint density at radius 2 is 1.81 bits per heavy atom. The van der Waals surface area contributed by atoms with E-state index in [0.717, 1.165) is 23.6 Å². The van der Waals surface area contributed by atoms with Crippen molar-refractivity contribution in [2.45, 2.75) is 26.4 Å². The molecule has 1 aliphatic heterocycles. The Labute approximate surface area is 152 Å². The summed E-state index contributed by atoms with van der Waals surface area (Å²) >= 11 is 0. The van der Waals surface area contributed by atoms with Crippen molar-refractivity contribution < 1.29 is 9.63 Å². The first-order valence-corrected chi connectivity index (χ1v) is 8.79. The van der Waals surface area contributed by atoms with Crippen LogP contribution in [0.4, 0.5) is 0 Å². The number of hydroxylamine groups is 2. The summed E-state index contributed by atoms with van der Waals surface area (Å²) in [4.78, 5) is 17.7. The molecule has 1 aromatic heterocycles. The van der Waals surface area contributed by atoms with E-state index in [4.69, 9.17) is 4.84 Å². The van der Waals surface area contributed by atoms with E-state index in [1.54, 1.807) is 17.2 Å². The number of aromatic nitrogens is 3. The third-order valence-electron chi connectivity index (χ3n) is 4.58. The Balaban J connectivity index is 1.52. The van der Waals surface area contributed by atoms with Gasteiger partial charge in [0, 0.05) is 12.1 Å². The number of carbonyl (C=O) groups is 1. The number of fused-ring (bicyclic) bond motifs is 1. The van der Waals surface area contributed by atoms with Gasteiger partial charge >= 0.3 is 5.97 Å². The van der Waals surface area contributed by atoms with E-state index in [-0.39, 0.29) is 5.97 Å². The molecule has 0 radical (unpaired) electrons. The predicted octanol–water partition coefficient (Wildman–Crippen LogP) is 3.10. The third kappa shape index (κ3) is 3.11. The second kappa shape index (κ2) is 7.09. The van der Waals surface area contributed by atoms with E-state index in [0.29, 0.717) is 25.2 Å². The number of nitrogens with zero attached hydrogens (tertiary/aromatic N) is 4. The minimum Gasteiger partial charge on any atom is -0.363 e. The first kappa shape index (κ1) is 16.5. The Kier molecular flexibility index (Phi) is 4.50. The second-order valence-electron chi connectivity index (χ2n) is 6.21.